The molecule has 1 saturated carbocycles. The van der Waals surface area contributed by atoms with Gasteiger partial charge in [-0.2, -0.15) is 5.26 Å². The summed E-state index contributed by atoms with van der Waals surface area (Å²) in [4.78, 5) is 38.3. The zero-order valence-electron chi connectivity index (χ0n) is 15.0. The molecule has 7 nitrogen and oxygen atoms in total. The predicted molar refractivity (Wildman–Crippen MR) is 93.6 cm³/mol. The Morgan fingerprint density at radius 2 is 1.96 bits per heavy atom. The number of nitrogens with zero attached hydrogens (tertiary/aromatic N) is 2. The van der Waals surface area contributed by atoms with E-state index in [1.54, 1.807) is 6.07 Å². The molecule has 1 atom stereocenters. The van der Waals surface area contributed by atoms with Crippen molar-refractivity contribution in [2.45, 2.75) is 50.1 Å². The van der Waals surface area contributed by atoms with Gasteiger partial charge in [0.2, 0.25) is 5.91 Å². The van der Waals surface area contributed by atoms with Crippen molar-refractivity contribution in [3.05, 3.63) is 35.6 Å². The molecular formula is C19H21FN4O3. The van der Waals surface area contributed by atoms with E-state index >= 15 is 0 Å². The third kappa shape index (κ3) is 3.37. The fraction of sp³-hybridized carbons (Fsp3) is 0.474. The van der Waals surface area contributed by atoms with Crippen LogP contribution in [-0.4, -0.2) is 34.8 Å². The van der Waals surface area contributed by atoms with Gasteiger partial charge in [-0.25, -0.2) is 9.18 Å². The molecule has 1 aromatic carbocycles. The van der Waals surface area contributed by atoms with Gasteiger partial charge in [0.05, 0.1) is 6.07 Å². The number of carbonyl (C=O) groups excluding carboxylic acids is 3. The zero-order valence-corrected chi connectivity index (χ0v) is 15.0. The Kier molecular flexibility index (Phi) is 4.87. The monoisotopic (exact) mass is 372 g/mol. The maximum Gasteiger partial charge on any atom is 0.325 e. The minimum Gasteiger partial charge on any atom is -0.336 e. The van der Waals surface area contributed by atoms with Crippen molar-refractivity contribution >= 4 is 17.8 Å². The second-order valence-corrected chi connectivity index (χ2v) is 7.23. The number of halogens is 1. The highest BCUT2D eigenvalue weighted by Crippen LogP contribution is 2.31. The fourth-order valence-corrected chi connectivity index (χ4v) is 3.76. The zero-order chi connectivity index (χ0) is 19.7. The molecule has 27 heavy (non-hydrogen) atoms. The summed E-state index contributed by atoms with van der Waals surface area (Å²) in [6.07, 6.45) is 3.77. The molecule has 0 spiro atoms. The number of imide groups is 1. The molecule has 1 aromatic rings. The first-order chi connectivity index (χ1) is 12.8. The highest BCUT2D eigenvalue weighted by Gasteiger charge is 2.51. The van der Waals surface area contributed by atoms with Crippen LogP contribution in [0.3, 0.4) is 0 Å². The van der Waals surface area contributed by atoms with Crippen molar-refractivity contribution in [3.63, 3.8) is 0 Å². The van der Waals surface area contributed by atoms with E-state index in [0.29, 0.717) is 12.8 Å². The minimum atomic E-state index is -1.58. The number of urea groups is 1. The summed E-state index contributed by atoms with van der Waals surface area (Å²) in [6, 6.07) is 7.07. The van der Waals surface area contributed by atoms with Crippen LogP contribution in [0.5, 0.6) is 0 Å². The van der Waals surface area contributed by atoms with Gasteiger partial charge < -0.3 is 10.6 Å². The summed E-state index contributed by atoms with van der Waals surface area (Å²) in [7, 11) is 0. The van der Waals surface area contributed by atoms with Crippen LogP contribution in [0.15, 0.2) is 24.3 Å². The van der Waals surface area contributed by atoms with Crippen LogP contribution >= 0.6 is 0 Å². The molecule has 0 radical (unpaired) electrons. The van der Waals surface area contributed by atoms with E-state index in [4.69, 9.17) is 0 Å². The lowest BCUT2D eigenvalue weighted by atomic mass is 9.83. The van der Waals surface area contributed by atoms with Crippen LogP contribution in [0.1, 0.15) is 44.6 Å². The van der Waals surface area contributed by atoms with Crippen molar-refractivity contribution in [2.75, 3.05) is 6.54 Å². The molecule has 1 aliphatic carbocycles. The van der Waals surface area contributed by atoms with E-state index in [9.17, 15) is 24.0 Å². The number of rotatable bonds is 4. The SMILES string of the molecule is CC1(c2ccccc2F)NC(=O)N(CC(=O)NC2(C#N)CCCCC2)C1=O. The summed E-state index contributed by atoms with van der Waals surface area (Å²) in [5.41, 5.74) is -2.50. The third-order valence-corrected chi connectivity index (χ3v) is 5.29. The summed E-state index contributed by atoms with van der Waals surface area (Å²) < 4.78 is 14.1. The smallest absolute Gasteiger partial charge is 0.325 e. The van der Waals surface area contributed by atoms with E-state index in [1.807, 2.05) is 0 Å². The number of amides is 4. The van der Waals surface area contributed by atoms with Gasteiger partial charge in [-0.05, 0) is 25.8 Å². The Bertz CT molecular complexity index is 828. The Morgan fingerprint density at radius 3 is 2.59 bits per heavy atom. The molecule has 1 aliphatic heterocycles. The van der Waals surface area contributed by atoms with Gasteiger partial charge in [0, 0.05) is 5.56 Å². The van der Waals surface area contributed by atoms with Crippen LogP contribution in [0.2, 0.25) is 0 Å². The number of nitrogens with one attached hydrogen (secondary N) is 2. The number of hydrogen-bond acceptors (Lipinski definition) is 4. The van der Waals surface area contributed by atoms with Gasteiger partial charge in [-0.1, -0.05) is 37.5 Å². The molecule has 2 N–H and O–H groups in total. The quantitative estimate of drug-likeness (QED) is 0.789. The maximum absolute atomic E-state index is 14.1. The average molecular weight is 372 g/mol. The van der Waals surface area contributed by atoms with Crippen LogP contribution in [0.25, 0.3) is 0 Å². The number of hydrogen-bond donors (Lipinski definition) is 2. The summed E-state index contributed by atoms with van der Waals surface area (Å²) in [6.45, 7) is 0.888. The van der Waals surface area contributed by atoms with Crippen LogP contribution < -0.4 is 10.6 Å². The van der Waals surface area contributed by atoms with Crippen LogP contribution in [0.4, 0.5) is 9.18 Å². The number of benzene rings is 1. The van der Waals surface area contributed by atoms with Crippen molar-refractivity contribution in [1.29, 1.82) is 5.26 Å². The third-order valence-electron chi connectivity index (χ3n) is 5.29. The molecule has 1 saturated heterocycles. The predicted octanol–water partition coefficient (Wildman–Crippen LogP) is 1.94. The lowest BCUT2D eigenvalue weighted by Gasteiger charge is -2.32. The van der Waals surface area contributed by atoms with E-state index in [0.717, 1.165) is 24.2 Å². The highest BCUT2D eigenvalue weighted by atomic mass is 19.1. The molecule has 8 heteroatoms. The van der Waals surface area contributed by atoms with Crippen LogP contribution in [0, 0.1) is 17.1 Å². The number of nitriles is 1. The van der Waals surface area contributed by atoms with Gasteiger partial charge in [0.25, 0.3) is 5.91 Å². The van der Waals surface area contributed by atoms with Crippen molar-refractivity contribution < 1.29 is 18.8 Å². The van der Waals surface area contributed by atoms with Gasteiger partial charge in [-0.3, -0.25) is 14.5 Å². The summed E-state index contributed by atoms with van der Waals surface area (Å²) in [5.74, 6) is -1.91. The van der Waals surface area contributed by atoms with Crippen LogP contribution in [-0.2, 0) is 15.1 Å². The van der Waals surface area contributed by atoms with E-state index in [1.165, 1.54) is 25.1 Å². The molecule has 2 fully saturated rings. The molecular weight excluding hydrogens is 351 g/mol. The van der Waals surface area contributed by atoms with Crippen molar-refractivity contribution in [2.24, 2.45) is 0 Å². The Hall–Kier alpha value is -2.95. The van der Waals surface area contributed by atoms with Gasteiger partial charge in [0.1, 0.15) is 23.4 Å². The molecule has 1 unspecified atom stereocenters. The van der Waals surface area contributed by atoms with Gasteiger partial charge >= 0.3 is 6.03 Å². The summed E-state index contributed by atoms with van der Waals surface area (Å²) >= 11 is 0. The molecule has 142 valence electrons. The highest BCUT2D eigenvalue weighted by molar-refractivity contribution is 6.09. The van der Waals surface area contributed by atoms with E-state index in [-0.39, 0.29) is 5.56 Å². The second kappa shape index (κ2) is 6.99. The molecule has 4 amide bonds. The molecule has 3 rings (SSSR count). The van der Waals surface area contributed by atoms with E-state index in [2.05, 4.69) is 16.7 Å². The Morgan fingerprint density at radius 1 is 1.30 bits per heavy atom. The first-order valence-corrected chi connectivity index (χ1v) is 8.93. The lowest BCUT2D eigenvalue weighted by Crippen LogP contribution is -2.52. The summed E-state index contributed by atoms with van der Waals surface area (Å²) in [5, 5.41) is 14.6. The van der Waals surface area contributed by atoms with E-state index < -0.39 is 41.3 Å². The second-order valence-electron chi connectivity index (χ2n) is 7.23. The normalized spacial score (nSPS) is 24.3. The van der Waals surface area contributed by atoms with Crippen molar-refractivity contribution in [3.8, 4) is 6.07 Å². The molecule has 0 aromatic heterocycles. The minimum absolute atomic E-state index is 0.0343. The first-order valence-electron chi connectivity index (χ1n) is 8.93. The fourth-order valence-electron chi connectivity index (χ4n) is 3.76. The largest absolute Gasteiger partial charge is 0.336 e. The topological polar surface area (TPSA) is 102 Å². The standard InChI is InChI=1S/C19H21FN4O3/c1-18(13-7-3-4-8-14(13)20)16(26)24(17(27)23-18)11-15(25)22-19(12-21)9-5-2-6-10-19/h3-4,7-8H,2,5-6,9-11H2,1H3,(H,22,25)(H,23,27). The van der Waals surface area contributed by atoms with Gasteiger partial charge in [0.15, 0.2) is 0 Å². The number of carbonyl (C=O) groups is 3. The molecule has 1 heterocycles. The Labute approximate surface area is 156 Å². The lowest BCUT2D eigenvalue weighted by molar-refractivity contribution is -0.135. The molecule has 2 aliphatic rings. The van der Waals surface area contributed by atoms with Crippen molar-refractivity contribution in [1.82, 2.24) is 15.5 Å². The average Bonchev–Trinajstić information content (AvgIpc) is 2.86. The molecule has 0 bridgehead atoms. The maximum atomic E-state index is 14.1. The first kappa shape index (κ1) is 18.8. The Balaban J connectivity index is 1.75. The van der Waals surface area contributed by atoms with Gasteiger partial charge in [-0.15, -0.1) is 0 Å².